The zero-order chi connectivity index (χ0) is 15.4. The molecule has 1 saturated carbocycles. The third kappa shape index (κ3) is 4.24. The number of amides is 2. The van der Waals surface area contributed by atoms with Gasteiger partial charge in [-0.15, -0.1) is 0 Å². The Bertz CT molecular complexity index is 555. The molecule has 1 fully saturated rings. The molecule has 4 nitrogen and oxygen atoms in total. The molecule has 21 heavy (non-hydrogen) atoms. The van der Waals surface area contributed by atoms with Crippen LogP contribution in [0.3, 0.4) is 0 Å². The molecule has 2 rings (SSSR count). The normalized spacial score (nSPS) is 15.0. The summed E-state index contributed by atoms with van der Waals surface area (Å²) in [6.45, 7) is 1.22. The molecule has 2 N–H and O–H groups in total. The van der Waals surface area contributed by atoms with Crippen molar-refractivity contribution in [3.05, 3.63) is 23.8 Å². The minimum atomic E-state index is -0.878. The number of halogens is 2. The van der Waals surface area contributed by atoms with Gasteiger partial charge in [-0.1, -0.05) is 12.8 Å². The Morgan fingerprint density at radius 3 is 2.24 bits per heavy atom. The van der Waals surface area contributed by atoms with E-state index in [0.29, 0.717) is 18.4 Å². The van der Waals surface area contributed by atoms with E-state index < -0.39 is 17.5 Å². The molecule has 0 aromatic heterocycles. The number of carbonyl (C=O) groups is 2. The van der Waals surface area contributed by atoms with Crippen LogP contribution in [-0.2, 0) is 9.59 Å². The van der Waals surface area contributed by atoms with Gasteiger partial charge in [-0.2, -0.15) is 0 Å². The Kier molecular flexibility index (Phi) is 4.88. The van der Waals surface area contributed by atoms with Crippen LogP contribution in [0.1, 0.15) is 39.0 Å². The van der Waals surface area contributed by atoms with Crippen LogP contribution in [0.4, 0.5) is 20.2 Å². The molecule has 1 aromatic rings. The molecule has 0 aliphatic heterocycles. The van der Waals surface area contributed by atoms with Crippen LogP contribution in [-0.4, -0.2) is 11.8 Å². The second kappa shape index (κ2) is 6.65. The van der Waals surface area contributed by atoms with Crippen molar-refractivity contribution in [2.45, 2.75) is 39.0 Å². The highest BCUT2D eigenvalue weighted by Gasteiger charge is 2.19. The predicted molar refractivity (Wildman–Crippen MR) is 75.9 cm³/mol. The Morgan fingerprint density at radius 1 is 1.10 bits per heavy atom. The summed E-state index contributed by atoms with van der Waals surface area (Å²) < 4.78 is 27.2. The monoisotopic (exact) mass is 296 g/mol. The van der Waals surface area contributed by atoms with Crippen LogP contribution in [0.2, 0.25) is 0 Å². The first-order valence-corrected chi connectivity index (χ1v) is 7.02. The van der Waals surface area contributed by atoms with Crippen LogP contribution < -0.4 is 10.6 Å². The van der Waals surface area contributed by atoms with E-state index in [1.165, 1.54) is 6.92 Å². The number of anilines is 2. The smallest absolute Gasteiger partial charge is 0.224 e. The van der Waals surface area contributed by atoms with Crippen molar-refractivity contribution in [2.75, 3.05) is 10.6 Å². The highest BCUT2D eigenvalue weighted by atomic mass is 19.1. The lowest BCUT2D eigenvalue weighted by Gasteiger charge is -2.12. The number of nitrogens with one attached hydrogen (secondary N) is 2. The fraction of sp³-hybridized carbons (Fsp3) is 0.467. The van der Waals surface area contributed by atoms with E-state index in [0.717, 1.165) is 31.7 Å². The van der Waals surface area contributed by atoms with Gasteiger partial charge >= 0.3 is 0 Å². The lowest BCUT2D eigenvalue weighted by Crippen LogP contribution is -2.17. The van der Waals surface area contributed by atoms with Gasteiger partial charge < -0.3 is 10.6 Å². The number of benzene rings is 1. The molecule has 0 radical (unpaired) electrons. The zero-order valence-corrected chi connectivity index (χ0v) is 11.8. The predicted octanol–water partition coefficient (Wildman–Crippen LogP) is 3.44. The number of hydrogen-bond acceptors (Lipinski definition) is 2. The van der Waals surface area contributed by atoms with Crippen molar-refractivity contribution in [1.29, 1.82) is 0 Å². The topological polar surface area (TPSA) is 58.2 Å². The van der Waals surface area contributed by atoms with Crippen molar-refractivity contribution in [3.63, 3.8) is 0 Å². The van der Waals surface area contributed by atoms with Crippen LogP contribution >= 0.6 is 0 Å². The second-order valence-electron chi connectivity index (χ2n) is 5.40. The summed E-state index contributed by atoms with van der Waals surface area (Å²) >= 11 is 0. The molecule has 0 unspecified atom stereocenters. The maximum absolute atomic E-state index is 13.7. The summed E-state index contributed by atoms with van der Waals surface area (Å²) in [4.78, 5) is 22.8. The van der Waals surface area contributed by atoms with Gasteiger partial charge in [-0.3, -0.25) is 9.59 Å². The van der Waals surface area contributed by atoms with Crippen molar-refractivity contribution < 1.29 is 18.4 Å². The second-order valence-corrected chi connectivity index (χ2v) is 5.40. The lowest BCUT2D eigenvalue weighted by atomic mass is 10.0. The van der Waals surface area contributed by atoms with E-state index in [-0.39, 0.29) is 17.3 Å². The summed E-state index contributed by atoms with van der Waals surface area (Å²) in [5, 5.41) is 4.70. The molecule has 0 atom stereocenters. The lowest BCUT2D eigenvalue weighted by molar-refractivity contribution is -0.117. The summed E-state index contributed by atoms with van der Waals surface area (Å²) in [6, 6.07) is 1.75. The van der Waals surface area contributed by atoms with Gasteiger partial charge in [0.15, 0.2) is 0 Å². The minimum absolute atomic E-state index is 0.122. The van der Waals surface area contributed by atoms with Gasteiger partial charge in [0.25, 0.3) is 0 Å². The minimum Gasteiger partial charge on any atom is -0.324 e. The van der Waals surface area contributed by atoms with E-state index >= 15 is 0 Å². The highest BCUT2D eigenvalue weighted by Crippen LogP contribution is 2.28. The fourth-order valence-corrected chi connectivity index (χ4v) is 2.61. The summed E-state index contributed by atoms with van der Waals surface area (Å²) in [5.41, 5.74) is -0.275. The molecule has 114 valence electrons. The molecular formula is C15H18F2N2O2. The molecule has 0 spiro atoms. The molecule has 0 bridgehead atoms. The third-order valence-electron chi connectivity index (χ3n) is 3.59. The van der Waals surface area contributed by atoms with Gasteiger partial charge in [0.05, 0.1) is 11.4 Å². The summed E-state index contributed by atoms with van der Waals surface area (Å²) in [6.07, 6.45) is 4.60. The van der Waals surface area contributed by atoms with E-state index in [9.17, 15) is 18.4 Å². The van der Waals surface area contributed by atoms with Crippen molar-refractivity contribution >= 4 is 23.2 Å². The maximum atomic E-state index is 13.7. The third-order valence-corrected chi connectivity index (χ3v) is 3.59. The molecule has 6 heteroatoms. The van der Waals surface area contributed by atoms with E-state index in [1.54, 1.807) is 0 Å². The largest absolute Gasteiger partial charge is 0.324 e. The SMILES string of the molecule is CC(=O)Nc1cc(NC(=O)CC2CCCC2)c(F)cc1F. The number of carbonyl (C=O) groups excluding carboxylic acids is 2. The van der Waals surface area contributed by atoms with Crippen LogP contribution in [0.5, 0.6) is 0 Å². The van der Waals surface area contributed by atoms with Crippen LogP contribution in [0.15, 0.2) is 12.1 Å². The van der Waals surface area contributed by atoms with Crippen molar-refractivity contribution in [3.8, 4) is 0 Å². The molecule has 1 aromatic carbocycles. The first-order chi connectivity index (χ1) is 9.95. The van der Waals surface area contributed by atoms with Gasteiger partial charge in [-0.25, -0.2) is 8.78 Å². The van der Waals surface area contributed by atoms with E-state index in [2.05, 4.69) is 10.6 Å². The molecule has 2 amide bonds. The first-order valence-electron chi connectivity index (χ1n) is 7.02. The maximum Gasteiger partial charge on any atom is 0.224 e. The van der Waals surface area contributed by atoms with Gasteiger partial charge in [0.1, 0.15) is 11.6 Å². The number of rotatable bonds is 4. The average Bonchev–Trinajstić information content (AvgIpc) is 2.87. The standard InChI is InChI=1S/C15H18F2N2O2/c1-9(20)18-13-8-14(12(17)7-11(13)16)19-15(21)6-10-4-2-3-5-10/h7-8,10H,2-6H2,1H3,(H,18,20)(H,19,21). The van der Waals surface area contributed by atoms with Gasteiger partial charge in [0, 0.05) is 19.4 Å². The molecule has 1 aliphatic carbocycles. The first kappa shape index (κ1) is 15.4. The average molecular weight is 296 g/mol. The zero-order valence-electron chi connectivity index (χ0n) is 11.8. The quantitative estimate of drug-likeness (QED) is 0.894. The molecule has 0 saturated heterocycles. The van der Waals surface area contributed by atoms with Gasteiger partial charge in [0.2, 0.25) is 11.8 Å². The van der Waals surface area contributed by atoms with Crippen molar-refractivity contribution in [2.24, 2.45) is 5.92 Å². The molecular weight excluding hydrogens is 278 g/mol. The Morgan fingerprint density at radius 2 is 1.67 bits per heavy atom. The van der Waals surface area contributed by atoms with E-state index in [1.807, 2.05) is 0 Å². The molecule has 0 heterocycles. The Hall–Kier alpha value is -1.98. The fourth-order valence-electron chi connectivity index (χ4n) is 2.61. The van der Waals surface area contributed by atoms with Crippen molar-refractivity contribution in [1.82, 2.24) is 0 Å². The highest BCUT2D eigenvalue weighted by molar-refractivity contribution is 5.93. The Labute approximate surface area is 121 Å². The number of hydrogen-bond donors (Lipinski definition) is 2. The van der Waals surface area contributed by atoms with E-state index in [4.69, 9.17) is 0 Å². The Balaban J connectivity index is 2.07. The molecule has 1 aliphatic rings. The van der Waals surface area contributed by atoms with Gasteiger partial charge in [-0.05, 0) is 24.8 Å². The van der Waals surface area contributed by atoms with Crippen LogP contribution in [0.25, 0.3) is 0 Å². The summed E-state index contributed by atoms with van der Waals surface area (Å²) in [5.74, 6) is -2.16. The van der Waals surface area contributed by atoms with Crippen LogP contribution in [0, 0.1) is 17.6 Å². The summed E-state index contributed by atoms with van der Waals surface area (Å²) in [7, 11) is 0.